The molecule has 1 aromatic heterocycles. The second kappa shape index (κ2) is 7.26. The summed E-state index contributed by atoms with van der Waals surface area (Å²) < 4.78 is 35.6. The summed E-state index contributed by atoms with van der Waals surface area (Å²) in [6, 6.07) is 0. The third-order valence-electron chi connectivity index (χ3n) is 3.48. The van der Waals surface area contributed by atoms with Crippen LogP contribution in [-0.2, 0) is 13.8 Å². The molecule has 0 saturated carbocycles. The number of hydrogen-bond acceptors (Lipinski definition) is 7. The third-order valence-corrected chi connectivity index (χ3v) is 5.05. The molecule has 5 atom stereocenters. The van der Waals surface area contributed by atoms with Gasteiger partial charge in [0, 0.05) is 6.16 Å². The fourth-order valence-electron chi connectivity index (χ4n) is 2.28. The molecule has 1 aliphatic rings. The van der Waals surface area contributed by atoms with Crippen molar-refractivity contribution in [3.8, 4) is 0 Å². The summed E-state index contributed by atoms with van der Waals surface area (Å²) in [6.07, 6.45) is -5.03. The van der Waals surface area contributed by atoms with E-state index < -0.39 is 55.8 Å². The first-order valence-electron chi connectivity index (χ1n) is 7.15. The highest BCUT2D eigenvalue weighted by molar-refractivity contribution is 7.52. The molecule has 0 aliphatic carbocycles. The summed E-state index contributed by atoms with van der Waals surface area (Å²) in [7, 11) is -3.86. The van der Waals surface area contributed by atoms with Crippen molar-refractivity contribution in [3.05, 3.63) is 32.9 Å². The van der Waals surface area contributed by atoms with E-state index in [9.17, 15) is 33.7 Å². The first-order valence-corrected chi connectivity index (χ1v) is 8.91. The maximum atomic E-state index is 13.3. The Hall–Kier alpha value is -1.36. The van der Waals surface area contributed by atoms with Gasteiger partial charge in [-0.1, -0.05) is 6.92 Å². The highest BCUT2D eigenvalue weighted by Crippen LogP contribution is 2.43. The Kier molecular flexibility index (Phi) is 5.74. The van der Waals surface area contributed by atoms with Gasteiger partial charge in [-0.2, -0.15) is 4.39 Å². The second-order valence-corrected chi connectivity index (χ2v) is 7.33. The van der Waals surface area contributed by atoms with Gasteiger partial charge in [0.05, 0.1) is 12.8 Å². The summed E-state index contributed by atoms with van der Waals surface area (Å²) in [5, 5.41) is 19.9. The zero-order valence-corrected chi connectivity index (χ0v) is 13.6. The van der Waals surface area contributed by atoms with Crippen LogP contribution >= 0.6 is 7.60 Å². The van der Waals surface area contributed by atoms with Crippen LogP contribution in [0.25, 0.3) is 0 Å². The number of aliphatic hydroxyl groups is 2. The molecule has 1 aliphatic heterocycles. The molecule has 10 nitrogen and oxygen atoms in total. The standard InChI is InChI=1S/C12H18FN2O8P/c1-2-3-24(20,21)22-5-7-8(16)9(17)11(23-7)15-4-6(13)10(18)14-12(15)19/h4,7-9,11,16-17H,2-3,5H2,1H3,(H,20,21)(H,14,18,19)/t7-,8-,9-,11-/m1/s1. The van der Waals surface area contributed by atoms with E-state index in [4.69, 9.17) is 9.26 Å². The van der Waals surface area contributed by atoms with Gasteiger partial charge in [0.15, 0.2) is 6.23 Å². The SMILES string of the molecule is CCCP(=O)(O)OC[C@H]1O[C@@H](n2cc(F)c(=O)[nH]c2=O)[C@H](O)[C@@H]1O. The van der Waals surface area contributed by atoms with Crippen molar-refractivity contribution in [2.24, 2.45) is 0 Å². The highest BCUT2D eigenvalue weighted by Gasteiger charge is 2.45. The molecule has 1 fully saturated rings. The van der Waals surface area contributed by atoms with Crippen LogP contribution in [0, 0.1) is 5.82 Å². The maximum absolute atomic E-state index is 13.3. The van der Waals surface area contributed by atoms with Crippen LogP contribution in [-0.4, -0.2) is 55.7 Å². The summed E-state index contributed by atoms with van der Waals surface area (Å²) >= 11 is 0. The lowest BCUT2D eigenvalue weighted by molar-refractivity contribution is -0.0529. The average Bonchev–Trinajstić information content (AvgIpc) is 2.77. The van der Waals surface area contributed by atoms with Crippen molar-refractivity contribution in [1.29, 1.82) is 0 Å². The van der Waals surface area contributed by atoms with Crippen molar-refractivity contribution in [2.45, 2.75) is 37.9 Å². The molecule has 0 aromatic carbocycles. The van der Waals surface area contributed by atoms with Crippen LogP contribution in [0.15, 0.2) is 15.8 Å². The Bertz CT molecular complexity index is 749. The van der Waals surface area contributed by atoms with Gasteiger partial charge in [-0.15, -0.1) is 0 Å². The number of rotatable bonds is 6. The number of nitrogens with zero attached hydrogens (tertiary/aromatic N) is 1. The number of halogens is 1. The predicted octanol–water partition coefficient (Wildman–Crippen LogP) is -1.09. The molecule has 1 aromatic rings. The second-order valence-electron chi connectivity index (χ2n) is 5.35. The van der Waals surface area contributed by atoms with Gasteiger partial charge in [-0.05, 0) is 6.42 Å². The molecule has 0 radical (unpaired) electrons. The molecule has 24 heavy (non-hydrogen) atoms. The number of aliphatic hydroxyl groups excluding tert-OH is 2. The summed E-state index contributed by atoms with van der Waals surface area (Å²) in [5.74, 6) is -1.28. The van der Waals surface area contributed by atoms with E-state index >= 15 is 0 Å². The molecular formula is C12H18FN2O8P. The van der Waals surface area contributed by atoms with Crippen molar-refractivity contribution < 1.29 is 33.3 Å². The zero-order valence-electron chi connectivity index (χ0n) is 12.7. The summed E-state index contributed by atoms with van der Waals surface area (Å²) in [6.45, 7) is 1.17. The van der Waals surface area contributed by atoms with Crippen LogP contribution in [0.2, 0.25) is 0 Å². The van der Waals surface area contributed by atoms with Crippen LogP contribution in [0.5, 0.6) is 0 Å². The number of H-pyrrole nitrogens is 1. The van der Waals surface area contributed by atoms with Gasteiger partial charge >= 0.3 is 13.3 Å². The van der Waals surface area contributed by atoms with Gasteiger partial charge in [-0.3, -0.25) is 18.9 Å². The van der Waals surface area contributed by atoms with Gasteiger partial charge in [0.25, 0.3) is 5.56 Å². The molecule has 136 valence electrons. The topological polar surface area (TPSA) is 151 Å². The zero-order chi connectivity index (χ0) is 18.1. The Morgan fingerprint density at radius 1 is 1.42 bits per heavy atom. The molecular weight excluding hydrogens is 350 g/mol. The van der Waals surface area contributed by atoms with E-state index in [0.717, 1.165) is 0 Å². The molecule has 0 spiro atoms. The Balaban J connectivity index is 2.16. The van der Waals surface area contributed by atoms with Gasteiger partial charge in [-0.25, -0.2) is 4.79 Å². The lowest BCUT2D eigenvalue weighted by Gasteiger charge is -2.17. The lowest BCUT2D eigenvalue weighted by atomic mass is 10.1. The van der Waals surface area contributed by atoms with E-state index in [1.54, 1.807) is 11.9 Å². The van der Waals surface area contributed by atoms with Crippen LogP contribution in [0.1, 0.15) is 19.6 Å². The van der Waals surface area contributed by atoms with Crippen LogP contribution < -0.4 is 11.2 Å². The molecule has 2 heterocycles. The molecule has 1 unspecified atom stereocenters. The largest absolute Gasteiger partial charge is 0.387 e. The third kappa shape index (κ3) is 4.00. The highest BCUT2D eigenvalue weighted by atomic mass is 31.2. The van der Waals surface area contributed by atoms with Crippen LogP contribution in [0.4, 0.5) is 4.39 Å². The number of hydrogen-bond donors (Lipinski definition) is 4. The monoisotopic (exact) mass is 368 g/mol. The fraction of sp³-hybridized carbons (Fsp3) is 0.667. The maximum Gasteiger partial charge on any atom is 0.330 e. The number of ether oxygens (including phenoxy) is 1. The Labute approximate surface area is 135 Å². The number of nitrogens with one attached hydrogen (secondary N) is 1. The van der Waals surface area contributed by atoms with Gasteiger partial charge < -0.3 is 24.4 Å². The first-order chi connectivity index (χ1) is 11.2. The van der Waals surface area contributed by atoms with Crippen molar-refractivity contribution in [3.63, 3.8) is 0 Å². The van der Waals surface area contributed by atoms with Crippen molar-refractivity contribution in [1.82, 2.24) is 9.55 Å². The van der Waals surface area contributed by atoms with E-state index in [2.05, 4.69) is 0 Å². The first kappa shape index (κ1) is 19.0. The Morgan fingerprint density at radius 2 is 2.08 bits per heavy atom. The minimum absolute atomic E-state index is 0.0909. The Morgan fingerprint density at radius 3 is 2.71 bits per heavy atom. The number of aromatic nitrogens is 2. The van der Waals surface area contributed by atoms with Gasteiger partial charge in [0.1, 0.15) is 18.3 Å². The van der Waals surface area contributed by atoms with Crippen molar-refractivity contribution in [2.75, 3.05) is 12.8 Å². The normalized spacial score (nSPS) is 29.5. The molecule has 0 amide bonds. The van der Waals surface area contributed by atoms with Gasteiger partial charge in [0.2, 0.25) is 5.82 Å². The number of aromatic amines is 1. The summed E-state index contributed by atoms with van der Waals surface area (Å²) in [4.78, 5) is 33.9. The van der Waals surface area contributed by atoms with Crippen molar-refractivity contribution >= 4 is 7.60 Å². The average molecular weight is 368 g/mol. The van der Waals surface area contributed by atoms with E-state index in [0.29, 0.717) is 17.2 Å². The molecule has 0 bridgehead atoms. The van der Waals surface area contributed by atoms with Crippen LogP contribution in [0.3, 0.4) is 0 Å². The molecule has 4 N–H and O–H groups in total. The quantitative estimate of drug-likeness (QED) is 0.462. The fourth-order valence-corrected chi connectivity index (χ4v) is 3.36. The van der Waals surface area contributed by atoms with E-state index in [-0.39, 0.29) is 6.16 Å². The summed E-state index contributed by atoms with van der Waals surface area (Å²) in [5.41, 5.74) is -2.28. The van der Waals surface area contributed by atoms with E-state index in [1.165, 1.54) is 0 Å². The molecule has 2 rings (SSSR count). The predicted molar refractivity (Wildman–Crippen MR) is 78.1 cm³/mol. The molecule has 12 heteroatoms. The minimum atomic E-state index is -3.86. The van der Waals surface area contributed by atoms with E-state index in [1.807, 2.05) is 0 Å². The minimum Gasteiger partial charge on any atom is -0.387 e. The lowest BCUT2D eigenvalue weighted by Crippen LogP contribution is -2.38. The molecule has 1 saturated heterocycles. The smallest absolute Gasteiger partial charge is 0.330 e.